The number of carbonyl (C=O) groups excluding carboxylic acids is 1. The number of rotatable bonds is 1. The van der Waals surface area contributed by atoms with Gasteiger partial charge in [-0.05, 0) is 36.0 Å². The van der Waals surface area contributed by atoms with Crippen molar-refractivity contribution in [1.82, 2.24) is 4.90 Å². The molecule has 88 valence electrons. The summed E-state index contributed by atoms with van der Waals surface area (Å²) in [7, 11) is 1.55. The molecule has 1 aromatic rings. The second-order valence-electron chi connectivity index (χ2n) is 3.41. The number of amides is 1. The first-order chi connectivity index (χ1) is 7.99. The van der Waals surface area contributed by atoms with Crippen LogP contribution in [-0.4, -0.2) is 23.0 Å². The maximum atomic E-state index is 11.7. The van der Waals surface area contributed by atoms with E-state index < -0.39 is 0 Å². The van der Waals surface area contributed by atoms with Crippen LogP contribution in [0, 0.1) is 0 Å². The molecule has 1 amide bonds. The minimum atomic E-state index is -0.291. The van der Waals surface area contributed by atoms with Crippen LogP contribution in [0.25, 0.3) is 6.08 Å². The Kier molecular flexibility index (Phi) is 3.38. The van der Waals surface area contributed by atoms with Crippen LogP contribution >= 0.6 is 35.4 Å². The average molecular weight is 288 g/mol. The summed E-state index contributed by atoms with van der Waals surface area (Å²) < 4.78 is 5.15. The summed E-state index contributed by atoms with van der Waals surface area (Å²) in [6.07, 6.45) is 1.54. The highest BCUT2D eigenvalue weighted by Crippen LogP contribution is 2.25. The van der Waals surface area contributed by atoms with Crippen molar-refractivity contribution in [3.63, 3.8) is 0 Å². The van der Waals surface area contributed by atoms with Crippen LogP contribution in [0.2, 0.25) is 10.0 Å². The van der Waals surface area contributed by atoms with Crippen LogP contribution in [0.1, 0.15) is 5.56 Å². The Labute approximate surface area is 114 Å². The number of halogens is 2. The van der Waals surface area contributed by atoms with Crippen LogP contribution < -0.4 is 0 Å². The molecule has 0 aromatic heterocycles. The largest absolute Gasteiger partial charge is 0.426 e. The van der Waals surface area contributed by atoms with Crippen molar-refractivity contribution in [2.45, 2.75) is 0 Å². The maximum absolute atomic E-state index is 11.7. The molecule has 0 saturated carbocycles. The normalized spacial score (nSPS) is 17.8. The van der Waals surface area contributed by atoms with E-state index in [0.717, 1.165) is 0 Å². The highest BCUT2D eigenvalue weighted by Gasteiger charge is 2.30. The van der Waals surface area contributed by atoms with E-state index in [9.17, 15) is 4.79 Å². The summed E-state index contributed by atoms with van der Waals surface area (Å²) in [6.45, 7) is 0. The van der Waals surface area contributed by atoms with E-state index in [0.29, 0.717) is 15.6 Å². The molecule has 6 heteroatoms. The first-order valence-electron chi connectivity index (χ1n) is 4.65. The van der Waals surface area contributed by atoms with Crippen LogP contribution in [0.5, 0.6) is 0 Å². The van der Waals surface area contributed by atoms with Gasteiger partial charge in [-0.25, -0.2) is 0 Å². The highest BCUT2D eigenvalue weighted by molar-refractivity contribution is 7.80. The third kappa shape index (κ3) is 2.44. The lowest BCUT2D eigenvalue weighted by molar-refractivity contribution is -0.122. The Morgan fingerprint density at radius 3 is 2.65 bits per heavy atom. The Morgan fingerprint density at radius 1 is 1.41 bits per heavy atom. The third-order valence-corrected chi connectivity index (χ3v) is 3.16. The van der Waals surface area contributed by atoms with E-state index in [1.54, 1.807) is 25.2 Å². The molecule has 17 heavy (non-hydrogen) atoms. The lowest BCUT2D eigenvalue weighted by Gasteiger charge is -2.00. The lowest BCUT2D eigenvalue weighted by Crippen LogP contribution is -2.22. The van der Waals surface area contributed by atoms with Gasteiger partial charge in [0.05, 0.1) is 0 Å². The van der Waals surface area contributed by atoms with Crippen molar-refractivity contribution in [1.29, 1.82) is 0 Å². The molecule has 1 aromatic carbocycles. The monoisotopic (exact) mass is 287 g/mol. The van der Waals surface area contributed by atoms with Crippen LogP contribution in [0.4, 0.5) is 0 Å². The number of likely N-dealkylation sites (N-methyl/N-ethyl adjacent to an activating group) is 1. The Hall–Kier alpha value is -1.10. The topological polar surface area (TPSA) is 29.5 Å². The molecule has 3 nitrogen and oxygen atoms in total. The second-order valence-corrected chi connectivity index (χ2v) is 4.60. The second kappa shape index (κ2) is 4.64. The standard InChI is InChI=1S/C11H7Cl2NO2S/c1-14-10(15)9(16-11(14)17)4-6-2-3-7(12)5-8(6)13/h2-5H,1H3/b9-4+. The number of hydrogen-bond acceptors (Lipinski definition) is 3. The van der Waals surface area contributed by atoms with E-state index >= 15 is 0 Å². The number of benzene rings is 1. The number of carbonyl (C=O) groups is 1. The van der Waals surface area contributed by atoms with Crippen LogP contribution in [0.3, 0.4) is 0 Å². The molecular weight excluding hydrogens is 281 g/mol. The summed E-state index contributed by atoms with van der Waals surface area (Å²) in [5, 5.41) is 1.11. The van der Waals surface area contributed by atoms with Crippen molar-refractivity contribution < 1.29 is 9.53 Å². The smallest absolute Gasteiger partial charge is 0.296 e. The minimum Gasteiger partial charge on any atom is -0.426 e. The number of ether oxygens (including phenoxy) is 1. The van der Waals surface area contributed by atoms with Gasteiger partial charge >= 0.3 is 0 Å². The minimum absolute atomic E-state index is 0.131. The molecule has 0 radical (unpaired) electrons. The molecule has 0 N–H and O–H groups in total. The van der Waals surface area contributed by atoms with Crippen molar-refractivity contribution in [2.24, 2.45) is 0 Å². The zero-order chi connectivity index (χ0) is 12.6. The molecule has 0 aliphatic carbocycles. The van der Waals surface area contributed by atoms with Gasteiger partial charge < -0.3 is 4.74 Å². The first kappa shape index (κ1) is 12.4. The molecule has 0 bridgehead atoms. The van der Waals surface area contributed by atoms with E-state index in [-0.39, 0.29) is 16.8 Å². The molecule has 0 atom stereocenters. The SMILES string of the molecule is CN1C(=O)/C(=C\c2ccc(Cl)cc2Cl)OC1=S. The number of nitrogens with zero attached hydrogens (tertiary/aromatic N) is 1. The fourth-order valence-corrected chi connectivity index (χ4v) is 1.94. The van der Waals surface area contributed by atoms with Crippen LogP contribution in [-0.2, 0) is 9.53 Å². The van der Waals surface area contributed by atoms with Crippen molar-refractivity contribution in [3.8, 4) is 0 Å². The van der Waals surface area contributed by atoms with Gasteiger partial charge in [-0.15, -0.1) is 0 Å². The molecule has 0 unspecified atom stereocenters. The van der Waals surface area contributed by atoms with E-state index in [4.69, 9.17) is 40.2 Å². The molecule has 1 fully saturated rings. The van der Waals surface area contributed by atoms with Gasteiger partial charge in [0.2, 0.25) is 0 Å². The quantitative estimate of drug-likeness (QED) is 0.587. The van der Waals surface area contributed by atoms with Gasteiger partial charge in [0.15, 0.2) is 5.76 Å². The number of hydrogen-bond donors (Lipinski definition) is 0. The first-order valence-corrected chi connectivity index (χ1v) is 5.82. The summed E-state index contributed by atoms with van der Waals surface area (Å²) in [5.74, 6) is -0.136. The zero-order valence-corrected chi connectivity index (χ0v) is 11.1. The molecule has 1 heterocycles. The number of thiocarbonyl (C=S) groups is 1. The summed E-state index contributed by atoms with van der Waals surface area (Å²) in [6, 6.07) is 4.98. The third-order valence-electron chi connectivity index (χ3n) is 2.24. The molecule has 0 spiro atoms. The van der Waals surface area contributed by atoms with Gasteiger partial charge in [0.25, 0.3) is 11.1 Å². The summed E-state index contributed by atoms with van der Waals surface area (Å²) in [4.78, 5) is 12.9. The Balaban J connectivity index is 2.37. The van der Waals surface area contributed by atoms with Gasteiger partial charge in [-0.2, -0.15) is 0 Å². The Bertz CT molecular complexity index is 542. The summed E-state index contributed by atoms with van der Waals surface area (Å²) >= 11 is 16.6. The lowest BCUT2D eigenvalue weighted by atomic mass is 10.2. The predicted octanol–water partition coefficient (Wildman–Crippen LogP) is 3.11. The van der Waals surface area contributed by atoms with Gasteiger partial charge in [-0.1, -0.05) is 29.3 Å². The van der Waals surface area contributed by atoms with Gasteiger partial charge in [-0.3, -0.25) is 9.69 Å². The Morgan fingerprint density at radius 2 is 2.12 bits per heavy atom. The van der Waals surface area contributed by atoms with Crippen molar-refractivity contribution >= 4 is 52.6 Å². The van der Waals surface area contributed by atoms with Crippen molar-refractivity contribution in [2.75, 3.05) is 7.05 Å². The zero-order valence-electron chi connectivity index (χ0n) is 8.74. The molecular formula is C11H7Cl2NO2S. The highest BCUT2D eigenvalue weighted by atomic mass is 35.5. The molecule has 1 aliphatic rings. The maximum Gasteiger partial charge on any atom is 0.296 e. The summed E-state index contributed by atoms with van der Waals surface area (Å²) in [5.41, 5.74) is 0.650. The van der Waals surface area contributed by atoms with Gasteiger partial charge in [0, 0.05) is 17.1 Å². The molecule has 1 aliphatic heterocycles. The van der Waals surface area contributed by atoms with Crippen molar-refractivity contribution in [3.05, 3.63) is 39.6 Å². The molecule has 2 rings (SSSR count). The van der Waals surface area contributed by atoms with E-state index in [2.05, 4.69) is 0 Å². The average Bonchev–Trinajstić information content (AvgIpc) is 2.50. The van der Waals surface area contributed by atoms with Crippen LogP contribution in [0.15, 0.2) is 24.0 Å². The fraction of sp³-hybridized carbons (Fsp3) is 0.0909. The van der Waals surface area contributed by atoms with Gasteiger partial charge in [0.1, 0.15) is 0 Å². The predicted molar refractivity (Wildman–Crippen MR) is 70.9 cm³/mol. The fourth-order valence-electron chi connectivity index (χ4n) is 1.31. The van der Waals surface area contributed by atoms with E-state index in [1.165, 1.54) is 11.0 Å². The van der Waals surface area contributed by atoms with E-state index in [1.807, 2.05) is 0 Å². The molecule has 1 saturated heterocycles.